The summed E-state index contributed by atoms with van der Waals surface area (Å²) in [5.74, 6) is 0.116. The van der Waals surface area contributed by atoms with E-state index in [0.717, 1.165) is 4.68 Å². The molecule has 0 aromatic carbocycles. The third-order valence-corrected chi connectivity index (χ3v) is 3.73. The number of aromatic nitrogens is 4. The van der Waals surface area contributed by atoms with Gasteiger partial charge in [0.05, 0.1) is 23.1 Å². The topological polar surface area (TPSA) is 69.9 Å². The van der Waals surface area contributed by atoms with Crippen LogP contribution in [0.3, 0.4) is 0 Å². The third-order valence-electron chi connectivity index (χ3n) is 3.73. The molecular weight excluding hydrogens is 361 g/mol. The van der Waals surface area contributed by atoms with Crippen LogP contribution in [0, 0.1) is 0 Å². The van der Waals surface area contributed by atoms with Gasteiger partial charge in [0.15, 0.2) is 5.78 Å². The number of Topliss-reactive ketones (excluding diaryl/α,β-unsaturated/α-hetero) is 1. The van der Waals surface area contributed by atoms with Gasteiger partial charge in [0.1, 0.15) is 18.9 Å². The van der Waals surface area contributed by atoms with Gasteiger partial charge in [-0.2, -0.15) is 18.3 Å². The van der Waals surface area contributed by atoms with Crippen LogP contribution < -0.4 is 4.74 Å². The Morgan fingerprint density at radius 2 is 2.00 bits per heavy atom. The molecule has 9 heteroatoms. The molecule has 140 valence electrons. The number of alkyl halides is 3. The van der Waals surface area contributed by atoms with Crippen LogP contribution in [0.5, 0.6) is 5.75 Å². The van der Waals surface area contributed by atoms with Crippen molar-refractivity contribution in [1.82, 2.24) is 19.7 Å². The summed E-state index contributed by atoms with van der Waals surface area (Å²) < 4.78 is 44.8. The predicted octanol–water partition coefficient (Wildman–Crippen LogP) is 3.68. The molecule has 3 heterocycles. The smallest absolute Gasteiger partial charge is 0.408 e. The number of rotatable bonds is 6. The fourth-order valence-electron chi connectivity index (χ4n) is 2.56. The lowest BCUT2D eigenvalue weighted by Gasteiger charge is -2.14. The normalized spacial score (nSPS) is 11.4. The van der Waals surface area contributed by atoms with Crippen LogP contribution in [0.25, 0.3) is 11.4 Å². The molecule has 0 N–H and O–H groups in total. The number of ether oxygens (including phenoxy) is 1. The number of carbonyl (C=O) groups excluding carboxylic acids is 1. The van der Waals surface area contributed by atoms with Gasteiger partial charge in [0.25, 0.3) is 0 Å². The van der Waals surface area contributed by atoms with Crippen LogP contribution in [0.4, 0.5) is 13.2 Å². The Bertz CT molecular complexity index is 954. The lowest BCUT2D eigenvalue weighted by molar-refractivity contribution is -0.142. The highest BCUT2D eigenvalue weighted by molar-refractivity contribution is 5.96. The molecule has 0 aliphatic carbocycles. The molecule has 6 nitrogen and oxygen atoms in total. The van der Waals surface area contributed by atoms with E-state index in [9.17, 15) is 18.0 Å². The number of ketones is 1. The Balaban J connectivity index is 1.88. The van der Waals surface area contributed by atoms with Crippen LogP contribution in [0.2, 0.25) is 0 Å². The molecule has 0 saturated heterocycles. The maximum absolute atomic E-state index is 12.8. The van der Waals surface area contributed by atoms with E-state index >= 15 is 0 Å². The van der Waals surface area contributed by atoms with Crippen LogP contribution in [-0.2, 0) is 13.2 Å². The van der Waals surface area contributed by atoms with Crippen molar-refractivity contribution in [3.8, 4) is 17.1 Å². The van der Waals surface area contributed by atoms with Gasteiger partial charge in [-0.15, -0.1) is 0 Å². The van der Waals surface area contributed by atoms with Gasteiger partial charge >= 0.3 is 6.18 Å². The Morgan fingerprint density at radius 1 is 1.19 bits per heavy atom. The van der Waals surface area contributed by atoms with Crippen molar-refractivity contribution in [2.45, 2.75) is 26.3 Å². The van der Waals surface area contributed by atoms with Gasteiger partial charge in [-0.1, -0.05) is 6.07 Å². The van der Waals surface area contributed by atoms with E-state index in [-0.39, 0.29) is 18.1 Å². The Labute approximate surface area is 152 Å². The third kappa shape index (κ3) is 4.49. The lowest BCUT2D eigenvalue weighted by Crippen LogP contribution is -2.19. The lowest BCUT2D eigenvalue weighted by atomic mass is 10.1. The van der Waals surface area contributed by atoms with Gasteiger partial charge < -0.3 is 4.74 Å². The number of pyridine rings is 2. The van der Waals surface area contributed by atoms with Crippen LogP contribution >= 0.6 is 0 Å². The summed E-state index contributed by atoms with van der Waals surface area (Å²) in [6.45, 7) is 0.197. The van der Waals surface area contributed by atoms with Crippen molar-refractivity contribution in [2.24, 2.45) is 0 Å². The summed E-state index contributed by atoms with van der Waals surface area (Å²) in [5.41, 5.74) is 1.48. The molecule has 0 unspecified atom stereocenters. The molecule has 3 aromatic rings. The molecule has 0 fully saturated rings. The highest BCUT2D eigenvalue weighted by Gasteiger charge is 2.30. The van der Waals surface area contributed by atoms with Crippen molar-refractivity contribution in [3.63, 3.8) is 0 Å². The van der Waals surface area contributed by atoms with Crippen molar-refractivity contribution in [2.75, 3.05) is 0 Å². The van der Waals surface area contributed by atoms with Crippen molar-refractivity contribution < 1.29 is 22.7 Å². The fourth-order valence-corrected chi connectivity index (χ4v) is 2.56. The largest absolute Gasteiger partial charge is 0.486 e. The van der Waals surface area contributed by atoms with Crippen LogP contribution in [-0.4, -0.2) is 31.7 Å². The molecule has 0 amide bonds. The zero-order chi connectivity index (χ0) is 19.4. The molecule has 0 spiro atoms. The average molecular weight is 376 g/mol. The van der Waals surface area contributed by atoms with Gasteiger partial charge in [0.2, 0.25) is 0 Å². The molecule has 0 aliphatic rings. The zero-order valence-electron chi connectivity index (χ0n) is 14.3. The predicted molar refractivity (Wildman–Crippen MR) is 90.1 cm³/mol. The molecule has 0 saturated carbocycles. The van der Waals surface area contributed by atoms with E-state index in [1.165, 1.54) is 37.8 Å². The molecule has 0 aliphatic heterocycles. The van der Waals surface area contributed by atoms with E-state index < -0.39 is 12.7 Å². The second-order valence-corrected chi connectivity index (χ2v) is 5.72. The number of halogens is 3. The molecule has 3 rings (SSSR count). The maximum Gasteiger partial charge on any atom is 0.408 e. The Kier molecular flexibility index (Phi) is 5.20. The van der Waals surface area contributed by atoms with Crippen LogP contribution in [0.15, 0.2) is 49.1 Å². The summed E-state index contributed by atoms with van der Waals surface area (Å²) in [4.78, 5) is 19.8. The summed E-state index contributed by atoms with van der Waals surface area (Å²) >= 11 is 0. The summed E-state index contributed by atoms with van der Waals surface area (Å²) in [5, 5.41) is 3.74. The molecule has 27 heavy (non-hydrogen) atoms. The molecule has 0 radical (unpaired) electrons. The van der Waals surface area contributed by atoms with Crippen molar-refractivity contribution in [3.05, 3.63) is 60.2 Å². The minimum Gasteiger partial charge on any atom is -0.486 e. The van der Waals surface area contributed by atoms with E-state index in [1.807, 2.05) is 0 Å². The maximum atomic E-state index is 12.8. The first-order chi connectivity index (χ1) is 12.8. The highest BCUT2D eigenvalue weighted by atomic mass is 19.4. The van der Waals surface area contributed by atoms with Gasteiger partial charge in [-0.3, -0.25) is 19.4 Å². The minimum absolute atomic E-state index is 0.00629. The zero-order valence-corrected chi connectivity index (χ0v) is 14.3. The second kappa shape index (κ2) is 7.56. The van der Waals surface area contributed by atoms with E-state index in [4.69, 9.17) is 4.74 Å². The first kappa shape index (κ1) is 18.6. The number of hydrogen-bond donors (Lipinski definition) is 0. The van der Waals surface area contributed by atoms with E-state index in [2.05, 4.69) is 15.1 Å². The van der Waals surface area contributed by atoms with Gasteiger partial charge in [-0.05, 0) is 25.1 Å². The van der Waals surface area contributed by atoms with Gasteiger partial charge in [-0.25, -0.2) is 0 Å². The Hall–Kier alpha value is -3.23. The monoisotopic (exact) mass is 376 g/mol. The summed E-state index contributed by atoms with van der Waals surface area (Å²) in [6, 6.07) is 6.35. The average Bonchev–Trinajstić information content (AvgIpc) is 3.06. The SMILES string of the molecule is CC(=O)c1ccncc1OCc1cccnc1-c1ccnn1CC(F)(F)F. The molecule has 0 atom stereocenters. The summed E-state index contributed by atoms with van der Waals surface area (Å²) in [7, 11) is 0. The molecule has 0 bridgehead atoms. The first-order valence-corrected chi connectivity index (χ1v) is 7.96. The second-order valence-electron chi connectivity index (χ2n) is 5.72. The van der Waals surface area contributed by atoms with Gasteiger partial charge in [0, 0.05) is 24.2 Å². The number of carbonyl (C=O) groups is 1. The van der Waals surface area contributed by atoms with E-state index in [0.29, 0.717) is 22.6 Å². The van der Waals surface area contributed by atoms with E-state index in [1.54, 1.807) is 18.2 Å². The minimum atomic E-state index is -4.40. The quantitative estimate of drug-likeness (QED) is 0.614. The first-order valence-electron chi connectivity index (χ1n) is 7.96. The van der Waals surface area contributed by atoms with Crippen molar-refractivity contribution in [1.29, 1.82) is 0 Å². The van der Waals surface area contributed by atoms with Crippen LogP contribution in [0.1, 0.15) is 22.8 Å². The van der Waals surface area contributed by atoms with Crippen molar-refractivity contribution >= 4 is 5.78 Å². The standard InChI is InChI=1S/C18H15F3N4O2/c1-12(26)14-4-7-22-9-16(14)27-10-13-3-2-6-23-17(13)15-5-8-24-25(15)11-18(19,20)21/h2-9H,10-11H2,1H3. The fraction of sp³-hybridized carbons (Fsp3) is 0.222. The Morgan fingerprint density at radius 3 is 2.74 bits per heavy atom. The number of nitrogens with zero attached hydrogens (tertiary/aromatic N) is 4. The highest BCUT2D eigenvalue weighted by Crippen LogP contribution is 2.26. The molecular formula is C18H15F3N4O2. The number of hydrogen-bond acceptors (Lipinski definition) is 5. The summed E-state index contributed by atoms with van der Waals surface area (Å²) in [6.07, 6.45) is 1.26. The molecule has 3 aromatic heterocycles.